The number of hydrogen-bond acceptors (Lipinski definition) is 6. The minimum atomic E-state index is -0.720. The first-order chi connectivity index (χ1) is 13.0. The Hall–Kier alpha value is -0.110. The normalized spacial score (nSPS) is 14.6. The second-order valence-electron chi connectivity index (χ2n) is 7.11. The molecule has 1 unspecified atom stereocenters. The lowest BCUT2D eigenvalue weighted by atomic mass is 10.0. The van der Waals surface area contributed by atoms with Crippen LogP contribution in [-0.2, 0) is 0 Å². The molecule has 0 fully saturated rings. The van der Waals surface area contributed by atoms with E-state index in [1.54, 1.807) is 6.08 Å². The van der Waals surface area contributed by atoms with E-state index in [4.69, 9.17) is 21.1 Å². The van der Waals surface area contributed by atoms with Gasteiger partial charge in [0, 0.05) is 5.75 Å². The van der Waals surface area contributed by atoms with Crippen LogP contribution in [0.5, 0.6) is 0 Å². The fourth-order valence-corrected chi connectivity index (χ4v) is 2.59. The quantitative estimate of drug-likeness (QED) is 0.126. The Labute approximate surface area is 172 Å². The standard InChI is InChI=1S/C18H37NO2.C3H8O2S/c1-2-3-4-5-6-7-8-9-10-11-12-13-14-15-18(21)17(19)16-20;4-1-3(5)2-6/h14-15,17-18,20-21H,2-13,16,19H2,1H3;3-6H,1-2H2/b15-14+;/t17-,18+;/m0./s1. The van der Waals surface area contributed by atoms with Crippen molar-refractivity contribution in [3.8, 4) is 0 Å². The fourth-order valence-electron chi connectivity index (χ4n) is 2.47. The van der Waals surface area contributed by atoms with E-state index in [0.29, 0.717) is 5.75 Å². The van der Waals surface area contributed by atoms with Gasteiger partial charge in [-0.1, -0.05) is 83.3 Å². The molecule has 6 N–H and O–H groups in total. The number of rotatable bonds is 17. The largest absolute Gasteiger partial charge is 0.395 e. The van der Waals surface area contributed by atoms with Crippen molar-refractivity contribution in [2.24, 2.45) is 5.73 Å². The van der Waals surface area contributed by atoms with E-state index >= 15 is 0 Å². The third-order valence-electron chi connectivity index (χ3n) is 4.38. The molecule has 27 heavy (non-hydrogen) atoms. The molecular weight excluding hydrogens is 362 g/mol. The first kappa shape index (κ1) is 29.1. The molecule has 5 nitrogen and oxygen atoms in total. The van der Waals surface area contributed by atoms with Gasteiger partial charge in [-0.25, -0.2) is 0 Å². The van der Waals surface area contributed by atoms with Crippen molar-refractivity contribution in [3.63, 3.8) is 0 Å². The van der Waals surface area contributed by atoms with E-state index in [1.165, 1.54) is 70.6 Å². The van der Waals surface area contributed by atoms with Gasteiger partial charge < -0.3 is 26.2 Å². The maximum Gasteiger partial charge on any atom is 0.0894 e. The number of thiol groups is 1. The first-order valence-corrected chi connectivity index (χ1v) is 11.3. The molecule has 6 heteroatoms. The Morgan fingerprint density at radius 2 is 1.30 bits per heavy atom. The molecule has 0 aliphatic heterocycles. The molecule has 0 aromatic heterocycles. The average molecular weight is 408 g/mol. The number of unbranched alkanes of at least 4 members (excludes halogenated alkanes) is 11. The van der Waals surface area contributed by atoms with Crippen molar-refractivity contribution < 1.29 is 20.4 Å². The van der Waals surface area contributed by atoms with Crippen molar-refractivity contribution in [2.45, 2.75) is 102 Å². The number of aliphatic hydroxyl groups is 4. The van der Waals surface area contributed by atoms with E-state index in [2.05, 4.69) is 19.6 Å². The molecule has 0 aliphatic carbocycles. The summed E-state index contributed by atoms with van der Waals surface area (Å²) in [5.74, 6) is 0.330. The van der Waals surface area contributed by atoms with Crippen molar-refractivity contribution in [1.82, 2.24) is 0 Å². The Bertz CT molecular complexity index is 302. The van der Waals surface area contributed by atoms with Crippen LogP contribution in [0.15, 0.2) is 12.2 Å². The highest BCUT2D eigenvalue weighted by Crippen LogP contribution is 2.12. The molecule has 3 atom stereocenters. The molecular formula is C21H45NO4S. The van der Waals surface area contributed by atoms with Gasteiger partial charge in [0.05, 0.1) is 31.5 Å². The second-order valence-corrected chi connectivity index (χ2v) is 7.47. The zero-order valence-corrected chi connectivity index (χ0v) is 18.2. The van der Waals surface area contributed by atoms with Crippen molar-refractivity contribution in [1.29, 1.82) is 0 Å². The van der Waals surface area contributed by atoms with Gasteiger partial charge in [-0.3, -0.25) is 0 Å². The van der Waals surface area contributed by atoms with Gasteiger partial charge in [0.2, 0.25) is 0 Å². The second kappa shape index (κ2) is 23.9. The van der Waals surface area contributed by atoms with Crippen LogP contribution in [0.3, 0.4) is 0 Å². The van der Waals surface area contributed by atoms with E-state index < -0.39 is 18.2 Å². The monoisotopic (exact) mass is 407 g/mol. The molecule has 164 valence electrons. The average Bonchev–Trinajstić information content (AvgIpc) is 2.70. The maximum absolute atomic E-state index is 9.52. The van der Waals surface area contributed by atoms with E-state index in [9.17, 15) is 5.11 Å². The van der Waals surface area contributed by atoms with Crippen LogP contribution in [0.1, 0.15) is 84.0 Å². The highest BCUT2D eigenvalue weighted by molar-refractivity contribution is 7.80. The lowest BCUT2D eigenvalue weighted by Gasteiger charge is -2.11. The van der Waals surface area contributed by atoms with Gasteiger partial charge in [0.25, 0.3) is 0 Å². The third kappa shape index (κ3) is 23.9. The number of aliphatic hydroxyl groups excluding tert-OH is 4. The maximum atomic E-state index is 9.52. The predicted octanol–water partition coefficient (Wildman–Crippen LogP) is 3.19. The Morgan fingerprint density at radius 1 is 0.815 bits per heavy atom. The van der Waals surface area contributed by atoms with Gasteiger partial charge >= 0.3 is 0 Å². The number of nitrogens with two attached hydrogens (primary N) is 1. The van der Waals surface area contributed by atoms with Crippen LogP contribution in [0, 0.1) is 0 Å². The highest BCUT2D eigenvalue weighted by Gasteiger charge is 2.08. The summed E-state index contributed by atoms with van der Waals surface area (Å²) in [6.07, 6.45) is 18.2. The summed E-state index contributed by atoms with van der Waals surface area (Å²) in [5.41, 5.74) is 5.51. The lowest BCUT2D eigenvalue weighted by Crippen LogP contribution is -2.36. The summed E-state index contributed by atoms with van der Waals surface area (Å²) < 4.78 is 0. The SMILES string of the molecule is CCCCCCCCCCCCC/C=C/[C@@H](O)[C@@H](N)CO.OCC(O)CS. The van der Waals surface area contributed by atoms with Crippen LogP contribution in [-0.4, -0.2) is 57.6 Å². The summed E-state index contributed by atoms with van der Waals surface area (Å²) in [6, 6.07) is -0.557. The minimum absolute atomic E-state index is 0.177. The smallest absolute Gasteiger partial charge is 0.0894 e. The Balaban J connectivity index is 0. The lowest BCUT2D eigenvalue weighted by molar-refractivity contribution is 0.114. The van der Waals surface area contributed by atoms with Crippen molar-refractivity contribution in [3.05, 3.63) is 12.2 Å². The Kier molecular flexibility index (Phi) is 25.8. The van der Waals surface area contributed by atoms with Crippen LogP contribution in [0.4, 0.5) is 0 Å². The molecule has 0 aromatic carbocycles. The Morgan fingerprint density at radius 3 is 1.67 bits per heavy atom. The van der Waals surface area contributed by atoms with Gasteiger partial charge in [0.15, 0.2) is 0 Å². The molecule has 0 amide bonds. The topological polar surface area (TPSA) is 107 Å². The summed E-state index contributed by atoms with van der Waals surface area (Å²) >= 11 is 3.69. The zero-order chi connectivity index (χ0) is 20.8. The van der Waals surface area contributed by atoms with Crippen LogP contribution in [0.2, 0.25) is 0 Å². The summed E-state index contributed by atoms with van der Waals surface area (Å²) in [7, 11) is 0. The van der Waals surface area contributed by atoms with Crippen LogP contribution < -0.4 is 5.73 Å². The fraction of sp³-hybridized carbons (Fsp3) is 0.905. The highest BCUT2D eigenvalue weighted by atomic mass is 32.1. The molecule has 0 saturated heterocycles. The van der Waals surface area contributed by atoms with Crippen LogP contribution >= 0.6 is 12.6 Å². The van der Waals surface area contributed by atoms with E-state index in [0.717, 1.165) is 6.42 Å². The first-order valence-electron chi connectivity index (χ1n) is 10.6. The minimum Gasteiger partial charge on any atom is -0.395 e. The van der Waals surface area contributed by atoms with E-state index in [-0.39, 0.29) is 13.2 Å². The number of hydrogen-bond donors (Lipinski definition) is 6. The summed E-state index contributed by atoms with van der Waals surface area (Å²) in [5, 5.41) is 34.7. The molecule has 0 saturated carbocycles. The third-order valence-corrected chi connectivity index (χ3v) is 4.80. The molecule has 0 rings (SSSR count). The van der Waals surface area contributed by atoms with Gasteiger partial charge in [-0.15, -0.1) is 0 Å². The van der Waals surface area contributed by atoms with Gasteiger partial charge in [-0.2, -0.15) is 12.6 Å². The molecule has 0 aliphatic rings. The molecule has 0 bridgehead atoms. The number of allylic oxidation sites excluding steroid dienone is 1. The summed E-state index contributed by atoms with van der Waals surface area (Å²) in [6.45, 7) is 1.89. The van der Waals surface area contributed by atoms with Crippen molar-refractivity contribution >= 4 is 12.6 Å². The molecule has 0 aromatic rings. The van der Waals surface area contributed by atoms with E-state index in [1.807, 2.05) is 6.08 Å². The predicted molar refractivity (Wildman–Crippen MR) is 118 cm³/mol. The van der Waals surface area contributed by atoms with Crippen LogP contribution in [0.25, 0.3) is 0 Å². The van der Waals surface area contributed by atoms with Gasteiger partial charge in [0.1, 0.15) is 0 Å². The van der Waals surface area contributed by atoms with Crippen molar-refractivity contribution in [2.75, 3.05) is 19.0 Å². The zero-order valence-electron chi connectivity index (χ0n) is 17.3. The molecule has 0 spiro atoms. The summed E-state index contributed by atoms with van der Waals surface area (Å²) in [4.78, 5) is 0. The van der Waals surface area contributed by atoms with Gasteiger partial charge in [-0.05, 0) is 12.8 Å². The molecule has 0 radical (unpaired) electrons. The molecule has 0 heterocycles.